The molecule has 1 fully saturated rings. The highest BCUT2D eigenvalue weighted by molar-refractivity contribution is 7.12. The summed E-state index contributed by atoms with van der Waals surface area (Å²) in [5, 5.41) is 5.04. The summed E-state index contributed by atoms with van der Waals surface area (Å²) in [6.45, 7) is 3.24. The number of morpholine rings is 1. The van der Waals surface area contributed by atoms with E-state index in [1.54, 1.807) is 34.6 Å². The molecule has 0 aliphatic carbocycles. The van der Waals surface area contributed by atoms with Gasteiger partial charge in [0.2, 0.25) is 5.91 Å². The number of rotatable bonds is 4. The minimum Gasteiger partial charge on any atom is -0.377 e. The highest BCUT2D eigenvalue weighted by Crippen LogP contribution is 2.25. The number of hydrogen-bond acceptors (Lipinski definition) is 7. The van der Waals surface area contributed by atoms with Gasteiger partial charge in [-0.05, 0) is 25.1 Å². The van der Waals surface area contributed by atoms with Gasteiger partial charge in [-0.15, -0.1) is 11.3 Å². The highest BCUT2D eigenvalue weighted by atomic mass is 32.1. The molecule has 2 aromatic heterocycles. The Labute approximate surface area is 160 Å². The molecule has 0 spiro atoms. The Kier molecular flexibility index (Phi) is 5.08. The van der Waals surface area contributed by atoms with Crippen LogP contribution in [0.2, 0.25) is 0 Å². The summed E-state index contributed by atoms with van der Waals surface area (Å²) in [6, 6.07) is 9.16. The van der Waals surface area contributed by atoms with Crippen molar-refractivity contribution in [3.05, 3.63) is 58.3 Å². The molecule has 0 radical (unpaired) electrons. The Morgan fingerprint density at radius 3 is 2.96 bits per heavy atom. The quantitative estimate of drug-likeness (QED) is 0.645. The molecular formula is C19H18N4O3S. The molecule has 1 unspecified atom stereocenters. The molecule has 1 aliphatic heterocycles. The van der Waals surface area contributed by atoms with E-state index in [2.05, 4.69) is 15.1 Å². The lowest BCUT2D eigenvalue weighted by Crippen LogP contribution is -2.43. The smallest absolute Gasteiger partial charge is 0.257 e. The Morgan fingerprint density at radius 2 is 2.19 bits per heavy atom. The molecule has 138 valence electrons. The summed E-state index contributed by atoms with van der Waals surface area (Å²) in [4.78, 5) is 24.0. The van der Waals surface area contributed by atoms with Crippen molar-refractivity contribution in [1.82, 2.24) is 20.0 Å². The van der Waals surface area contributed by atoms with Crippen LogP contribution in [0, 0.1) is 6.92 Å². The zero-order valence-electron chi connectivity index (χ0n) is 14.7. The normalized spacial score (nSPS) is 17.5. The molecule has 1 aliphatic rings. The Hall–Kier alpha value is -2.84. The van der Waals surface area contributed by atoms with Crippen molar-refractivity contribution in [2.75, 3.05) is 19.8 Å². The fraction of sp³-hybridized carbons (Fsp3) is 0.263. The van der Waals surface area contributed by atoms with Crippen LogP contribution in [-0.2, 0) is 9.53 Å². The second-order valence-electron chi connectivity index (χ2n) is 6.06. The van der Waals surface area contributed by atoms with Crippen molar-refractivity contribution >= 4 is 23.3 Å². The molecule has 3 aromatic rings. The lowest BCUT2D eigenvalue weighted by atomic mass is 10.2. The molecule has 1 amide bonds. The third kappa shape index (κ3) is 3.96. The van der Waals surface area contributed by atoms with Gasteiger partial charge < -0.3 is 14.2 Å². The first-order valence-corrected chi connectivity index (χ1v) is 9.40. The van der Waals surface area contributed by atoms with Gasteiger partial charge >= 0.3 is 0 Å². The van der Waals surface area contributed by atoms with E-state index >= 15 is 0 Å². The van der Waals surface area contributed by atoms with Gasteiger partial charge in [0.25, 0.3) is 5.89 Å². The lowest BCUT2D eigenvalue weighted by molar-refractivity contribution is -0.135. The van der Waals surface area contributed by atoms with Crippen molar-refractivity contribution in [1.29, 1.82) is 0 Å². The number of aromatic nitrogens is 3. The summed E-state index contributed by atoms with van der Waals surface area (Å²) >= 11 is 1.54. The number of nitrogens with zero attached hydrogens (tertiary/aromatic N) is 4. The minimum absolute atomic E-state index is 0.111. The van der Waals surface area contributed by atoms with E-state index in [1.807, 2.05) is 37.3 Å². The molecule has 0 saturated carbocycles. The molecule has 4 rings (SSSR count). The van der Waals surface area contributed by atoms with Gasteiger partial charge in [0.05, 0.1) is 18.2 Å². The largest absolute Gasteiger partial charge is 0.377 e. The van der Waals surface area contributed by atoms with Gasteiger partial charge in [0, 0.05) is 29.3 Å². The number of ether oxygens (including phenoxy) is 1. The lowest BCUT2D eigenvalue weighted by Gasteiger charge is -2.32. The first-order chi connectivity index (χ1) is 13.2. The predicted octanol–water partition coefficient (Wildman–Crippen LogP) is 3.11. The number of amides is 1. The van der Waals surface area contributed by atoms with Crippen molar-refractivity contribution in [2.45, 2.75) is 13.0 Å². The van der Waals surface area contributed by atoms with Crippen LogP contribution < -0.4 is 0 Å². The number of hydrogen-bond donors (Lipinski definition) is 0. The fourth-order valence-corrected chi connectivity index (χ4v) is 3.54. The number of thiazole rings is 1. The number of benzene rings is 1. The van der Waals surface area contributed by atoms with Crippen LogP contribution in [-0.4, -0.2) is 45.7 Å². The zero-order chi connectivity index (χ0) is 18.6. The molecule has 0 bridgehead atoms. The summed E-state index contributed by atoms with van der Waals surface area (Å²) in [5.74, 6) is 0.767. The van der Waals surface area contributed by atoms with Crippen molar-refractivity contribution in [3.8, 4) is 11.5 Å². The molecule has 1 atom stereocenters. The van der Waals surface area contributed by atoms with Gasteiger partial charge in [-0.3, -0.25) is 4.79 Å². The van der Waals surface area contributed by atoms with Crippen molar-refractivity contribution in [2.24, 2.45) is 0 Å². The van der Waals surface area contributed by atoms with Gasteiger partial charge in [-0.2, -0.15) is 4.98 Å². The maximum Gasteiger partial charge on any atom is 0.257 e. The molecule has 1 aromatic carbocycles. The number of aryl methyl sites for hydroxylation is 1. The van der Waals surface area contributed by atoms with Crippen LogP contribution in [0.25, 0.3) is 17.5 Å². The first kappa shape index (κ1) is 17.6. The molecule has 27 heavy (non-hydrogen) atoms. The topological polar surface area (TPSA) is 81.4 Å². The summed E-state index contributed by atoms with van der Waals surface area (Å²) < 4.78 is 10.9. The second kappa shape index (κ2) is 7.81. The van der Waals surface area contributed by atoms with Gasteiger partial charge in [0.1, 0.15) is 6.04 Å². The van der Waals surface area contributed by atoms with Gasteiger partial charge in [-0.1, -0.05) is 23.4 Å². The van der Waals surface area contributed by atoms with Crippen LogP contribution in [0.15, 0.2) is 47.1 Å². The maximum absolute atomic E-state index is 12.7. The Bertz CT molecular complexity index is 951. The van der Waals surface area contributed by atoms with Crippen LogP contribution in [0.3, 0.4) is 0 Å². The van der Waals surface area contributed by atoms with E-state index in [9.17, 15) is 4.79 Å². The number of carbonyl (C=O) groups is 1. The molecular weight excluding hydrogens is 364 g/mol. The van der Waals surface area contributed by atoms with Crippen molar-refractivity contribution in [3.63, 3.8) is 0 Å². The number of carbonyl (C=O) groups excluding carboxylic acids is 1. The maximum atomic E-state index is 12.7. The average Bonchev–Trinajstić information content (AvgIpc) is 3.36. The van der Waals surface area contributed by atoms with E-state index in [4.69, 9.17) is 9.26 Å². The monoisotopic (exact) mass is 382 g/mol. The van der Waals surface area contributed by atoms with E-state index in [1.165, 1.54) is 0 Å². The Morgan fingerprint density at radius 1 is 1.33 bits per heavy atom. The molecule has 7 nitrogen and oxygen atoms in total. The second-order valence-corrected chi connectivity index (χ2v) is 7.33. The van der Waals surface area contributed by atoms with Gasteiger partial charge in [0.15, 0.2) is 5.82 Å². The van der Waals surface area contributed by atoms with E-state index in [-0.39, 0.29) is 11.9 Å². The van der Waals surface area contributed by atoms with Gasteiger partial charge in [-0.25, -0.2) is 4.98 Å². The predicted molar refractivity (Wildman–Crippen MR) is 101 cm³/mol. The summed E-state index contributed by atoms with van der Waals surface area (Å²) in [5.41, 5.74) is 0.839. The van der Waals surface area contributed by atoms with E-state index in [0.29, 0.717) is 31.5 Å². The highest BCUT2D eigenvalue weighted by Gasteiger charge is 2.31. The van der Waals surface area contributed by atoms with E-state index in [0.717, 1.165) is 15.4 Å². The van der Waals surface area contributed by atoms with Crippen LogP contribution >= 0.6 is 11.3 Å². The zero-order valence-corrected chi connectivity index (χ0v) is 15.6. The SMILES string of the molecule is Cc1ncc(C=CC(=O)N2CCOCC2c2noc(-c3ccccc3)n2)s1. The minimum atomic E-state index is -0.375. The third-order valence-electron chi connectivity index (χ3n) is 4.20. The average molecular weight is 382 g/mol. The van der Waals surface area contributed by atoms with Crippen LogP contribution in [0.1, 0.15) is 21.8 Å². The summed E-state index contributed by atoms with van der Waals surface area (Å²) in [7, 11) is 0. The third-order valence-corrected chi connectivity index (χ3v) is 5.08. The standard InChI is InChI=1S/C19H18N4O3S/c1-13-20-11-15(27-13)7-8-17(24)23-9-10-25-12-16(23)18-21-19(26-22-18)14-5-3-2-4-6-14/h2-8,11,16H,9-10,12H2,1H3. The summed E-state index contributed by atoms with van der Waals surface area (Å²) in [6.07, 6.45) is 5.10. The van der Waals surface area contributed by atoms with Crippen LogP contribution in [0.4, 0.5) is 0 Å². The molecule has 1 saturated heterocycles. The molecule has 8 heteroatoms. The van der Waals surface area contributed by atoms with Crippen LogP contribution in [0.5, 0.6) is 0 Å². The molecule has 0 N–H and O–H groups in total. The fourth-order valence-electron chi connectivity index (χ4n) is 2.85. The van der Waals surface area contributed by atoms with E-state index < -0.39 is 0 Å². The Balaban J connectivity index is 1.53. The first-order valence-electron chi connectivity index (χ1n) is 8.58. The molecule has 3 heterocycles. The van der Waals surface area contributed by atoms with Crippen molar-refractivity contribution < 1.29 is 14.1 Å².